The number of aryl methyl sites for hydroxylation is 4. The van der Waals surface area contributed by atoms with Gasteiger partial charge in [0.05, 0.1) is 5.69 Å². The summed E-state index contributed by atoms with van der Waals surface area (Å²) in [5.74, 6) is 0.940. The van der Waals surface area contributed by atoms with E-state index in [1.165, 1.54) is 29.8 Å². The zero-order chi connectivity index (χ0) is 14.8. The first-order valence-corrected chi connectivity index (χ1v) is 8.06. The fraction of sp³-hybridized carbons (Fsp3) is 0.529. The van der Waals surface area contributed by atoms with Gasteiger partial charge < -0.3 is 5.73 Å². The molecule has 0 bridgehead atoms. The average molecular weight is 284 g/mol. The van der Waals surface area contributed by atoms with Crippen molar-refractivity contribution in [3.05, 3.63) is 40.3 Å². The molecule has 0 spiro atoms. The molecule has 3 rings (SSSR count). The smallest absolute Gasteiger partial charge is 0.158 e. The van der Waals surface area contributed by atoms with Crippen molar-refractivity contribution in [3.63, 3.8) is 0 Å². The number of hydrogen-bond donors (Lipinski definition) is 1. The lowest BCUT2D eigenvalue weighted by Gasteiger charge is -2.19. The maximum atomic E-state index is 5.97. The quantitative estimate of drug-likeness (QED) is 0.939. The number of hydrogen-bond acceptors (Lipinski definition) is 3. The summed E-state index contributed by atoms with van der Waals surface area (Å²) >= 11 is 0. The standard InChI is InChI=1S/C17H24N4/c1-3-14-10-15(4-2)21(20-14)17-13(11-18)9-12-7-5-6-8-16(12)19-17/h9-10H,3-8,11,18H2,1-2H3. The van der Waals surface area contributed by atoms with Crippen molar-refractivity contribution in [2.45, 2.75) is 58.9 Å². The molecule has 2 aromatic heterocycles. The van der Waals surface area contributed by atoms with Gasteiger partial charge in [0.25, 0.3) is 0 Å². The van der Waals surface area contributed by atoms with Crippen molar-refractivity contribution in [2.24, 2.45) is 5.73 Å². The second-order valence-electron chi connectivity index (χ2n) is 5.73. The molecule has 112 valence electrons. The molecule has 0 fully saturated rings. The summed E-state index contributed by atoms with van der Waals surface area (Å²) in [7, 11) is 0. The minimum atomic E-state index is 0.514. The first-order valence-electron chi connectivity index (χ1n) is 8.06. The van der Waals surface area contributed by atoms with Gasteiger partial charge in [0.15, 0.2) is 5.82 Å². The zero-order valence-corrected chi connectivity index (χ0v) is 13.0. The first-order chi connectivity index (χ1) is 10.3. The predicted molar refractivity (Wildman–Crippen MR) is 84.6 cm³/mol. The van der Waals surface area contributed by atoms with Crippen molar-refractivity contribution in [3.8, 4) is 5.82 Å². The Balaban J connectivity index is 2.14. The van der Waals surface area contributed by atoms with E-state index in [0.29, 0.717) is 6.54 Å². The lowest BCUT2D eigenvalue weighted by Crippen LogP contribution is -2.15. The summed E-state index contributed by atoms with van der Waals surface area (Å²) < 4.78 is 2.01. The summed E-state index contributed by atoms with van der Waals surface area (Å²) in [6.45, 7) is 4.81. The van der Waals surface area contributed by atoms with Gasteiger partial charge in [-0.25, -0.2) is 9.67 Å². The van der Waals surface area contributed by atoms with Crippen LogP contribution in [-0.4, -0.2) is 14.8 Å². The van der Waals surface area contributed by atoms with E-state index < -0.39 is 0 Å². The molecule has 4 heteroatoms. The molecule has 2 N–H and O–H groups in total. The van der Waals surface area contributed by atoms with Gasteiger partial charge in [-0.05, 0) is 56.2 Å². The van der Waals surface area contributed by atoms with Gasteiger partial charge >= 0.3 is 0 Å². The van der Waals surface area contributed by atoms with Gasteiger partial charge in [0, 0.05) is 23.5 Å². The van der Waals surface area contributed by atoms with E-state index in [0.717, 1.165) is 42.8 Å². The molecular formula is C17H24N4. The molecule has 21 heavy (non-hydrogen) atoms. The van der Waals surface area contributed by atoms with Gasteiger partial charge in [-0.1, -0.05) is 13.8 Å². The highest BCUT2D eigenvalue weighted by Crippen LogP contribution is 2.25. The van der Waals surface area contributed by atoms with Gasteiger partial charge in [0.2, 0.25) is 0 Å². The summed E-state index contributed by atoms with van der Waals surface area (Å²) in [5, 5.41) is 4.73. The number of pyridine rings is 1. The molecule has 1 aliphatic carbocycles. The third-order valence-electron chi connectivity index (χ3n) is 4.34. The molecule has 0 atom stereocenters. The third kappa shape index (κ3) is 2.60. The van der Waals surface area contributed by atoms with Gasteiger partial charge in [-0.15, -0.1) is 0 Å². The van der Waals surface area contributed by atoms with Crippen molar-refractivity contribution < 1.29 is 0 Å². The second kappa shape index (κ2) is 5.98. The fourth-order valence-corrected chi connectivity index (χ4v) is 3.09. The van der Waals surface area contributed by atoms with Crippen LogP contribution in [0.15, 0.2) is 12.1 Å². The highest BCUT2D eigenvalue weighted by Gasteiger charge is 2.18. The van der Waals surface area contributed by atoms with Crippen LogP contribution in [-0.2, 0) is 32.2 Å². The summed E-state index contributed by atoms with van der Waals surface area (Å²) in [5.41, 5.74) is 12.0. The van der Waals surface area contributed by atoms with Crippen molar-refractivity contribution in [1.82, 2.24) is 14.8 Å². The molecule has 0 radical (unpaired) electrons. The van der Waals surface area contributed by atoms with Gasteiger partial charge in [0.1, 0.15) is 0 Å². The lowest BCUT2D eigenvalue weighted by atomic mass is 9.94. The average Bonchev–Trinajstić information content (AvgIpc) is 2.96. The van der Waals surface area contributed by atoms with Gasteiger partial charge in [-0.3, -0.25) is 0 Å². The minimum Gasteiger partial charge on any atom is -0.326 e. The zero-order valence-electron chi connectivity index (χ0n) is 13.0. The second-order valence-corrected chi connectivity index (χ2v) is 5.73. The Labute approximate surface area is 126 Å². The van der Waals surface area contributed by atoms with Crippen molar-refractivity contribution in [1.29, 1.82) is 0 Å². The molecule has 1 aliphatic rings. The summed E-state index contributed by atoms with van der Waals surface area (Å²) in [6, 6.07) is 4.44. The maximum Gasteiger partial charge on any atom is 0.158 e. The van der Waals surface area contributed by atoms with Crippen LogP contribution in [0.25, 0.3) is 5.82 Å². The summed E-state index contributed by atoms with van der Waals surface area (Å²) in [4.78, 5) is 4.93. The number of nitrogens with zero attached hydrogens (tertiary/aromatic N) is 3. The molecule has 0 amide bonds. The predicted octanol–water partition coefficient (Wildman–Crippen LogP) is 2.73. The largest absolute Gasteiger partial charge is 0.326 e. The Morgan fingerprint density at radius 1 is 1.14 bits per heavy atom. The van der Waals surface area contributed by atoms with E-state index in [1.54, 1.807) is 0 Å². The maximum absolute atomic E-state index is 5.97. The molecule has 0 unspecified atom stereocenters. The number of rotatable bonds is 4. The Kier molecular flexibility index (Phi) is 4.06. The van der Waals surface area contributed by atoms with Crippen molar-refractivity contribution in [2.75, 3.05) is 0 Å². The normalized spacial score (nSPS) is 14.2. The molecule has 0 aliphatic heterocycles. The Morgan fingerprint density at radius 3 is 2.67 bits per heavy atom. The Bertz CT molecular complexity index is 642. The van der Waals surface area contributed by atoms with Crippen LogP contribution in [0.1, 0.15) is 54.9 Å². The fourth-order valence-electron chi connectivity index (χ4n) is 3.09. The Hall–Kier alpha value is -1.68. The topological polar surface area (TPSA) is 56.7 Å². The molecular weight excluding hydrogens is 260 g/mol. The first kappa shape index (κ1) is 14.3. The van der Waals surface area contributed by atoms with Crippen LogP contribution < -0.4 is 5.73 Å². The molecule has 2 aromatic rings. The van der Waals surface area contributed by atoms with Crippen LogP contribution >= 0.6 is 0 Å². The Morgan fingerprint density at radius 2 is 1.95 bits per heavy atom. The highest BCUT2D eigenvalue weighted by molar-refractivity contribution is 5.41. The van der Waals surface area contributed by atoms with E-state index >= 15 is 0 Å². The van der Waals surface area contributed by atoms with Gasteiger partial charge in [-0.2, -0.15) is 5.10 Å². The lowest BCUT2D eigenvalue weighted by molar-refractivity contribution is 0.655. The van der Waals surface area contributed by atoms with Crippen LogP contribution in [0.4, 0.5) is 0 Å². The van der Waals surface area contributed by atoms with E-state index in [9.17, 15) is 0 Å². The summed E-state index contributed by atoms with van der Waals surface area (Å²) in [6.07, 6.45) is 6.62. The minimum absolute atomic E-state index is 0.514. The van der Waals surface area contributed by atoms with E-state index in [-0.39, 0.29) is 0 Å². The van der Waals surface area contributed by atoms with Crippen LogP contribution in [0.3, 0.4) is 0 Å². The number of nitrogens with two attached hydrogens (primary N) is 1. The molecule has 0 aromatic carbocycles. The van der Waals surface area contributed by atoms with E-state index in [2.05, 4.69) is 26.0 Å². The van der Waals surface area contributed by atoms with Crippen LogP contribution in [0.2, 0.25) is 0 Å². The molecule has 4 nitrogen and oxygen atoms in total. The highest BCUT2D eigenvalue weighted by atomic mass is 15.3. The monoisotopic (exact) mass is 284 g/mol. The van der Waals surface area contributed by atoms with Crippen molar-refractivity contribution >= 4 is 0 Å². The van der Waals surface area contributed by atoms with E-state index in [1.807, 2.05) is 4.68 Å². The molecule has 0 saturated heterocycles. The van der Waals surface area contributed by atoms with Crippen LogP contribution in [0, 0.1) is 0 Å². The molecule has 0 saturated carbocycles. The van der Waals surface area contributed by atoms with Crippen LogP contribution in [0.5, 0.6) is 0 Å². The SMILES string of the molecule is CCc1cc(CC)n(-c2nc3c(cc2CN)CCCC3)n1. The number of fused-ring (bicyclic) bond motifs is 1. The molecule has 2 heterocycles. The third-order valence-corrected chi connectivity index (χ3v) is 4.34. The van der Waals surface area contributed by atoms with E-state index in [4.69, 9.17) is 15.8 Å². The number of aromatic nitrogens is 3.